The molecular weight excluding hydrogens is 1720 g/mol. The van der Waals surface area contributed by atoms with Crippen molar-refractivity contribution in [3.8, 4) is 22.3 Å². The molecule has 0 saturated heterocycles. The van der Waals surface area contributed by atoms with Gasteiger partial charge in [-0.3, -0.25) is 0 Å². The van der Waals surface area contributed by atoms with E-state index in [1.165, 1.54) is 194 Å². The van der Waals surface area contributed by atoms with Crippen LogP contribution in [0.5, 0.6) is 0 Å². The summed E-state index contributed by atoms with van der Waals surface area (Å²) in [5.41, 5.74) is 41.9. The summed E-state index contributed by atoms with van der Waals surface area (Å²) in [6.07, 6.45) is 4.66. The van der Waals surface area contributed by atoms with Crippen LogP contribution < -0.4 is 35.3 Å². The van der Waals surface area contributed by atoms with E-state index < -0.39 is 0 Å². The largest absolute Gasteiger partial charge is 0.311 e. The number of nitrogens with zero attached hydrogens (tertiary/aromatic N) is 4. The highest BCUT2D eigenvalue weighted by Gasteiger charge is 2.49. The van der Waals surface area contributed by atoms with Crippen molar-refractivity contribution in [1.82, 2.24) is 0 Å². The van der Waals surface area contributed by atoms with E-state index in [2.05, 4.69) is 519 Å². The summed E-state index contributed by atoms with van der Waals surface area (Å²) >= 11 is 3.84. The maximum Gasteiger partial charge on any atom is 0.264 e. The molecule has 0 fully saturated rings. The predicted octanol–water partition coefficient (Wildman–Crippen LogP) is 37.8. The number of rotatable bonds is 10. The van der Waals surface area contributed by atoms with Gasteiger partial charge in [-0.15, -0.1) is 22.7 Å². The zero-order valence-electron chi connectivity index (χ0n) is 92.0. The highest BCUT2D eigenvalue weighted by Crippen LogP contribution is 2.59. The molecule has 2 aliphatic carbocycles. The summed E-state index contributed by atoms with van der Waals surface area (Å²) < 4.78 is 4.06. The van der Waals surface area contributed by atoms with Gasteiger partial charge in [-0.1, -0.05) is 372 Å². The molecule has 4 heterocycles. The van der Waals surface area contributed by atoms with Gasteiger partial charge in [-0.05, 0) is 323 Å². The number of thiophene rings is 2. The monoisotopic (exact) mass is 1880 g/mol. The molecule has 7 heteroatoms. The van der Waals surface area contributed by atoms with E-state index in [1.807, 2.05) is 22.7 Å². The molecule has 724 valence electrons. The number of anilines is 12. The van der Waals surface area contributed by atoms with Crippen LogP contribution in [0.15, 0.2) is 236 Å². The van der Waals surface area contributed by atoms with Crippen LogP contribution >= 0.6 is 22.7 Å². The fraction of sp³-hybridized carbons (Fsp3) is 0.424. The topological polar surface area (TPSA) is 13.0 Å². The molecule has 0 amide bonds. The lowest BCUT2D eigenvalue weighted by Gasteiger charge is -2.46. The number of hydrogen-bond donors (Lipinski definition) is 0. The van der Waals surface area contributed by atoms with Gasteiger partial charge in [-0.25, -0.2) is 0 Å². The minimum Gasteiger partial charge on any atom is -0.311 e. The van der Waals surface area contributed by atoms with Gasteiger partial charge in [-0.2, -0.15) is 0 Å². The van der Waals surface area contributed by atoms with Crippen molar-refractivity contribution in [1.29, 1.82) is 0 Å². The van der Waals surface area contributed by atoms with Gasteiger partial charge >= 0.3 is 0 Å². The third kappa shape index (κ3) is 18.8. The van der Waals surface area contributed by atoms with Crippen molar-refractivity contribution in [3.05, 3.63) is 314 Å². The van der Waals surface area contributed by atoms with Crippen molar-refractivity contribution in [2.24, 2.45) is 0 Å². The Morgan fingerprint density at radius 3 is 1.09 bits per heavy atom. The molecule has 2 aliphatic heterocycles. The van der Waals surface area contributed by atoms with E-state index in [-0.39, 0.29) is 82.5 Å². The Labute approximate surface area is 847 Å². The first-order valence-electron chi connectivity index (χ1n) is 51.9. The molecule has 2 aromatic heterocycles. The highest BCUT2D eigenvalue weighted by molar-refractivity contribution is 7.33. The first-order chi connectivity index (χ1) is 64.2. The molecule has 139 heavy (non-hydrogen) atoms. The Morgan fingerprint density at radius 1 is 0.273 bits per heavy atom. The quantitative estimate of drug-likeness (QED) is 0.127. The zero-order chi connectivity index (χ0) is 101. The van der Waals surface area contributed by atoms with E-state index in [0.717, 1.165) is 35.6 Å². The smallest absolute Gasteiger partial charge is 0.264 e. The molecule has 12 aromatic carbocycles. The maximum atomic E-state index is 2.71. The molecule has 4 nitrogen and oxygen atoms in total. The lowest BCUT2D eigenvalue weighted by molar-refractivity contribution is 0.333. The summed E-state index contributed by atoms with van der Waals surface area (Å²) in [7, 11) is 0. The molecule has 0 unspecified atom stereocenters. The molecule has 0 atom stereocenters. The van der Waals surface area contributed by atoms with Gasteiger partial charge in [0.25, 0.3) is 6.71 Å². The van der Waals surface area contributed by atoms with E-state index in [9.17, 15) is 0 Å². The van der Waals surface area contributed by atoms with Crippen molar-refractivity contribution < 1.29 is 0 Å². The zero-order valence-corrected chi connectivity index (χ0v) is 93.7. The van der Waals surface area contributed by atoms with Crippen LogP contribution in [0.3, 0.4) is 0 Å². The Hall–Kier alpha value is -10.2. The average molecular weight is 1880 g/mol. The van der Waals surface area contributed by atoms with Gasteiger partial charge in [0, 0.05) is 87.0 Å². The minimum absolute atomic E-state index is 0.00407. The van der Waals surface area contributed by atoms with Crippen molar-refractivity contribution in [3.63, 3.8) is 0 Å². The summed E-state index contributed by atoms with van der Waals surface area (Å²) in [5.74, 6) is 0. The van der Waals surface area contributed by atoms with Gasteiger partial charge in [0.2, 0.25) is 0 Å². The summed E-state index contributed by atoms with van der Waals surface area (Å²) in [6, 6.07) is 92.0. The minimum atomic E-state index is -0.155. The van der Waals surface area contributed by atoms with Gasteiger partial charge < -0.3 is 19.6 Å². The molecule has 4 aliphatic rings. The summed E-state index contributed by atoms with van der Waals surface area (Å²) in [5, 5.41) is 5.01. The number of benzene rings is 12. The Morgan fingerprint density at radius 2 is 0.633 bits per heavy atom. The van der Waals surface area contributed by atoms with Crippen molar-refractivity contribution >= 4 is 134 Å². The van der Waals surface area contributed by atoms with Crippen LogP contribution in [0.1, 0.15) is 367 Å². The van der Waals surface area contributed by atoms with Crippen molar-refractivity contribution in [2.75, 3.05) is 19.6 Å². The highest BCUT2D eigenvalue weighted by atomic mass is 32.1. The van der Waals surface area contributed by atoms with E-state index in [4.69, 9.17) is 0 Å². The second-order valence-electron chi connectivity index (χ2n) is 54.7. The lowest BCUT2D eigenvalue weighted by Crippen LogP contribution is -2.60. The second-order valence-corrected chi connectivity index (χ2v) is 56.7. The predicted molar refractivity (Wildman–Crippen MR) is 615 cm³/mol. The Balaban J connectivity index is 0.000000192. The summed E-state index contributed by atoms with van der Waals surface area (Å²) in [6.45, 7) is 90.1. The first kappa shape index (κ1) is 100. The average Bonchev–Trinajstić information content (AvgIpc) is 1.67. The normalized spacial score (nSPS) is 15.9. The Kier molecular flexibility index (Phi) is 24.8. The van der Waals surface area contributed by atoms with Gasteiger partial charge in [0.15, 0.2) is 0 Å². The second kappa shape index (κ2) is 34.3. The fourth-order valence-electron chi connectivity index (χ4n) is 22.2. The van der Waals surface area contributed by atoms with Crippen LogP contribution in [-0.4, -0.2) is 6.71 Å². The molecule has 0 saturated carbocycles. The van der Waals surface area contributed by atoms with E-state index in [1.54, 1.807) is 0 Å². The standard InChI is InChI=1S/C66H79BN2S.C66H82N2S/c1-60(2,3)40-23-28-45(29-24-40)68-53-38-44(64(13,14)15)39-54-57(53)67(59-58(68)48-36-42(62(7,8)9)27-32-55(48)70-59)50-37-43(63(10,11)12)26-31-52(50)69(54)51-30-25-41(61(4,5)6)35-47(51)46-21-20-22-49-56(46)66(18,19)34-33-65(49,16)17;1-60(2,3)43-23-29-48(30-24-43)67(56-33-27-45(62(7,8)9)39-53(56)52-21-20-22-55-59(52)66(18,19)36-35-65(55,16)17)50-37-47(64(13,14)15)38-51(41-50)68(49-31-25-44(26-32-49)61(4,5)6)57-42-69-58-34-28-46(40-54(57)58)63(10,11)12/h20-32,35-39H,33-34H2,1-19H3;20-34,37-42H,35-36H2,1-19H3. The van der Waals surface area contributed by atoms with Gasteiger partial charge in [0.1, 0.15) is 0 Å². The van der Waals surface area contributed by atoms with Crippen molar-refractivity contribution in [2.45, 2.75) is 365 Å². The van der Waals surface area contributed by atoms with Crippen LogP contribution in [0.4, 0.5) is 68.2 Å². The van der Waals surface area contributed by atoms with Crippen LogP contribution in [0.25, 0.3) is 42.4 Å². The number of hydrogen-bond acceptors (Lipinski definition) is 6. The molecule has 0 radical (unpaired) electrons. The van der Waals surface area contributed by atoms with Crippen LogP contribution in [0, 0.1) is 0 Å². The van der Waals surface area contributed by atoms with Crippen LogP contribution in [-0.2, 0) is 75.8 Å². The fourth-order valence-corrected chi connectivity index (χ4v) is 24.5. The Bertz CT molecular complexity index is 7080. The molecule has 0 N–H and O–H groups in total. The molecule has 0 spiro atoms. The molecule has 18 rings (SSSR count). The molecular formula is C132H161BN4S2. The third-order valence-corrected chi connectivity index (χ3v) is 33.8. The summed E-state index contributed by atoms with van der Waals surface area (Å²) in [4.78, 5) is 10.5. The first-order valence-corrected chi connectivity index (χ1v) is 53.6. The number of fused-ring (bicyclic) bond motifs is 9. The van der Waals surface area contributed by atoms with Crippen LogP contribution in [0.2, 0.25) is 0 Å². The van der Waals surface area contributed by atoms with Gasteiger partial charge in [0.05, 0.1) is 22.7 Å². The molecule has 14 aromatic rings. The SMILES string of the molecule is CC(C)(C)c1ccc(N(c2cc(N(c3ccc(C(C)(C)C)cc3)c3csc4ccc(C(C)(C)C)cc34)cc(C(C)(C)C)c2)c2ccc(C(C)(C)C)cc2-c2cccc3c2C(C)(C)CCC3(C)C)cc1.CC(C)(C)c1ccc(N2c3cc(C(C)(C)C)cc4c3B(c3cc(C(C)(C)C)ccc3N4c3ccc(C(C)(C)C)cc3-c3cccc4c3C(C)(C)CCC4(C)C)c3sc4ccc(C(C)(C)C)cc4c32)cc1. The van der Waals surface area contributed by atoms with E-state index in [0.29, 0.717) is 0 Å². The maximum absolute atomic E-state index is 2.71. The lowest BCUT2D eigenvalue weighted by atomic mass is 9.36. The third-order valence-electron chi connectivity index (χ3n) is 31.7. The molecule has 0 bridgehead atoms. The van der Waals surface area contributed by atoms with E-state index >= 15 is 0 Å².